The zero-order chi connectivity index (χ0) is 14.4. The van der Waals surface area contributed by atoms with Gasteiger partial charge in [-0.2, -0.15) is 0 Å². The second kappa shape index (κ2) is 7.24. The molecule has 0 radical (unpaired) electrons. The van der Waals surface area contributed by atoms with Crippen LogP contribution in [0.2, 0.25) is 0 Å². The maximum Gasteiger partial charge on any atom is 0.317 e. The van der Waals surface area contributed by atoms with E-state index < -0.39 is 0 Å². The van der Waals surface area contributed by atoms with Crippen LogP contribution in [-0.2, 0) is 6.54 Å². The van der Waals surface area contributed by atoms with Crippen molar-refractivity contribution >= 4 is 6.03 Å². The molecule has 20 heavy (non-hydrogen) atoms. The molecular formula is C15H21FN2O2. The number of nitrogens with one attached hydrogen (secondary N) is 1. The Hall–Kier alpha value is -1.62. The number of piperidine rings is 1. The number of hydrogen-bond donors (Lipinski definition) is 2. The maximum absolute atomic E-state index is 12.8. The van der Waals surface area contributed by atoms with Gasteiger partial charge in [0.2, 0.25) is 0 Å². The van der Waals surface area contributed by atoms with Gasteiger partial charge in [0.05, 0.1) is 0 Å². The van der Waals surface area contributed by atoms with Gasteiger partial charge in [-0.25, -0.2) is 9.18 Å². The molecule has 0 aromatic heterocycles. The largest absolute Gasteiger partial charge is 0.396 e. The van der Waals surface area contributed by atoms with Gasteiger partial charge in [-0.1, -0.05) is 12.1 Å². The van der Waals surface area contributed by atoms with Crippen LogP contribution in [0.25, 0.3) is 0 Å². The topological polar surface area (TPSA) is 52.6 Å². The van der Waals surface area contributed by atoms with Gasteiger partial charge >= 0.3 is 6.03 Å². The summed E-state index contributed by atoms with van der Waals surface area (Å²) in [6, 6.07) is 6.12. The molecule has 0 saturated carbocycles. The second-order valence-corrected chi connectivity index (χ2v) is 5.14. The lowest BCUT2D eigenvalue weighted by Crippen LogP contribution is -2.48. The number of nitrogens with zero attached hydrogens (tertiary/aromatic N) is 1. The highest BCUT2D eigenvalue weighted by Crippen LogP contribution is 2.19. The first-order valence-electron chi connectivity index (χ1n) is 7.10. The van der Waals surface area contributed by atoms with Crippen molar-refractivity contribution in [1.82, 2.24) is 10.2 Å². The first-order chi connectivity index (χ1) is 9.70. The molecule has 1 aliphatic rings. The number of aliphatic hydroxyl groups excluding tert-OH is 1. The first kappa shape index (κ1) is 14.8. The number of amides is 2. The maximum atomic E-state index is 12.8. The molecule has 0 bridgehead atoms. The molecule has 5 heteroatoms. The summed E-state index contributed by atoms with van der Waals surface area (Å²) in [5.41, 5.74) is 0.871. The van der Waals surface area contributed by atoms with E-state index in [2.05, 4.69) is 5.32 Å². The number of rotatable bonds is 4. The minimum absolute atomic E-state index is 0.104. The van der Waals surface area contributed by atoms with Crippen molar-refractivity contribution in [3.63, 3.8) is 0 Å². The fourth-order valence-corrected chi connectivity index (χ4v) is 2.60. The van der Waals surface area contributed by atoms with E-state index in [1.807, 2.05) is 4.90 Å². The van der Waals surface area contributed by atoms with Crippen LogP contribution in [0.15, 0.2) is 24.3 Å². The van der Waals surface area contributed by atoms with Crippen LogP contribution in [0.5, 0.6) is 0 Å². The number of halogens is 1. The van der Waals surface area contributed by atoms with Gasteiger partial charge in [0.25, 0.3) is 0 Å². The Kier molecular flexibility index (Phi) is 5.35. The van der Waals surface area contributed by atoms with Gasteiger partial charge < -0.3 is 15.3 Å². The molecular weight excluding hydrogens is 259 g/mol. The summed E-state index contributed by atoms with van der Waals surface area (Å²) in [5, 5.41) is 11.9. The minimum Gasteiger partial charge on any atom is -0.396 e. The van der Waals surface area contributed by atoms with Crippen molar-refractivity contribution in [3.05, 3.63) is 35.6 Å². The molecule has 1 fully saturated rings. The molecule has 0 spiro atoms. The molecule has 2 amide bonds. The van der Waals surface area contributed by atoms with E-state index in [0.717, 1.165) is 31.4 Å². The van der Waals surface area contributed by atoms with E-state index in [1.54, 1.807) is 12.1 Å². The molecule has 1 unspecified atom stereocenters. The number of carbonyl (C=O) groups excluding carboxylic acids is 1. The van der Waals surface area contributed by atoms with Crippen molar-refractivity contribution in [1.29, 1.82) is 0 Å². The Morgan fingerprint density at radius 2 is 2.10 bits per heavy atom. The fraction of sp³-hybridized carbons (Fsp3) is 0.533. The van der Waals surface area contributed by atoms with E-state index in [4.69, 9.17) is 5.11 Å². The van der Waals surface area contributed by atoms with E-state index >= 15 is 0 Å². The summed E-state index contributed by atoms with van der Waals surface area (Å²) in [4.78, 5) is 14.0. The van der Waals surface area contributed by atoms with Gasteiger partial charge in [0, 0.05) is 25.7 Å². The molecule has 1 heterocycles. The number of hydrogen-bond acceptors (Lipinski definition) is 2. The Morgan fingerprint density at radius 1 is 1.35 bits per heavy atom. The van der Waals surface area contributed by atoms with E-state index in [9.17, 15) is 9.18 Å². The Bertz CT molecular complexity index is 434. The lowest BCUT2D eigenvalue weighted by Gasteiger charge is -2.35. The average Bonchev–Trinajstić information content (AvgIpc) is 2.47. The normalized spacial score (nSPS) is 18.9. The number of carbonyl (C=O) groups is 1. The van der Waals surface area contributed by atoms with Gasteiger partial charge in [-0.3, -0.25) is 0 Å². The first-order valence-corrected chi connectivity index (χ1v) is 7.10. The highest BCUT2D eigenvalue weighted by Gasteiger charge is 2.25. The van der Waals surface area contributed by atoms with Crippen molar-refractivity contribution < 1.29 is 14.3 Å². The van der Waals surface area contributed by atoms with E-state index in [0.29, 0.717) is 13.0 Å². The number of aliphatic hydroxyl groups is 1. The summed E-state index contributed by atoms with van der Waals surface area (Å²) in [7, 11) is 0. The lowest BCUT2D eigenvalue weighted by atomic mass is 10.0. The summed E-state index contributed by atoms with van der Waals surface area (Å²) in [6.07, 6.45) is 3.69. The fourth-order valence-electron chi connectivity index (χ4n) is 2.60. The SMILES string of the molecule is O=C(NCc1ccc(F)cc1)N1CCCCC1CCO. The average molecular weight is 280 g/mol. The molecule has 4 nitrogen and oxygen atoms in total. The van der Waals surface area contributed by atoms with Crippen LogP contribution >= 0.6 is 0 Å². The van der Waals surface area contributed by atoms with Crippen LogP contribution in [0.3, 0.4) is 0 Å². The summed E-state index contributed by atoms with van der Waals surface area (Å²) < 4.78 is 12.8. The van der Waals surface area contributed by atoms with Crippen LogP contribution < -0.4 is 5.32 Å². The van der Waals surface area contributed by atoms with Crippen molar-refractivity contribution in [2.45, 2.75) is 38.3 Å². The third-order valence-corrected chi connectivity index (χ3v) is 3.71. The second-order valence-electron chi connectivity index (χ2n) is 5.14. The smallest absolute Gasteiger partial charge is 0.317 e. The van der Waals surface area contributed by atoms with Gasteiger partial charge in [0.15, 0.2) is 0 Å². The van der Waals surface area contributed by atoms with E-state index in [1.165, 1.54) is 12.1 Å². The number of likely N-dealkylation sites (tertiary alicyclic amines) is 1. The highest BCUT2D eigenvalue weighted by molar-refractivity contribution is 5.74. The zero-order valence-electron chi connectivity index (χ0n) is 11.5. The predicted molar refractivity (Wildman–Crippen MR) is 74.7 cm³/mol. The Balaban J connectivity index is 1.88. The standard InChI is InChI=1S/C15H21FN2O2/c16-13-6-4-12(5-7-13)11-17-15(20)18-9-2-1-3-14(18)8-10-19/h4-7,14,19H,1-3,8-11H2,(H,17,20). The summed E-state index contributed by atoms with van der Waals surface area (Å²) >= 11 is 0. The zero-order valence-corrected chi connectivity index (χ0v) is 11.5. The van der Waals surface area contributed by atoms with Gasteiger partial charge in [-0.15, -0.1) is 0 Å². The van der Waals surface area contributed by atoms with Crippen LogP contribution in [0.1, 0.15) is 31.2 Å². The quantitative estimate of drug-likeness (QED) is 0.889. The van der Waals surface area contributed by atoms with Crippen molar-refractivity contribution in [3.8, 4) is 0 Å². The van der Waals surface area contributed by atoms with E-state index in [-0.39, 0.29) is 24.5 Å². The Morgan fingerprint density at radius 3 is 2.80 bits per heavy atom. The van der Waals surface area contributed by atoms with Crippen molar-refractivity contribution in [2.24, 2.45) is 0 Å². The molecule has 1 atom stereocenters. The number of benzene rings is 1. The molecule has 1 aliphatic heterocycles. The third kappa shape index (κ3) is 3.93. The van der Waals surface area contributed by atoms with Gasteiger partial charge in [-0.05, 0) is 43.4 Å². The van der Waals surface area contributed by atoms with Crippen LogP contribution in [0, 0.1) is 5.82 Å². The molecule has 2 rings (SSSR count). The highest BCUT2D eigenvalue weighted by atomic mass is 19.1. The minimum atomic E-state index is -0.279. The molecule has 0 aliphatic carbocycles. The molecule has 1 aromatic rings. The molecule has 1 aromatic carbocycles. The van der Waals surface area contributed by atoms with Crippen molar-refractivity contribution in [2.75, 3.05) is 13.2 Å². The molecule has 2 N–H and O–H groups in total. The Labute approximate surface area is 118 Å². The summed E-state index contributed by atoms with van der Waals surface area (Å²) in [5.74, 6) is -0.279. The third-order valence-electron chi connectivity index (χ3n) is 3.71. The van der Waals surface area contributed by atoms with Gasteiger partial charge in [0.1, 0.15) is 5.82 Å². The number of urea groups is 1. The predicted octanol–water partition coefficient (Wildman–Crippen LogP) is 2.27. The van der Waals surface area contributed by atoms with Crippen LogP contribution in [-0.4, -0.2) is 35.2 Å². The summed E-state index contributed by atoms with van der Waals surface area (Å²) in [6.45, 7) is 1.23. The lowest BCUT2D eigenvalue weighted by molar-refractivity contribution is 0.131. The monoisotopic (exact) mass is 280 g/mol. The molecule has 1 saturated heterocycles. The molecule has 110 valence electrons. The van der Waals surface area contributed by atoms with Crippen LogP contribution in [0.4, 0.5) is 9.18 Å².